The Morgan fingerprint density at radius 1 is 1.00 bits per heavy atom. The van der Waals surface area contributed by atoms with E-state index in [1.54, 1.807) is 12.1 Å². The van der Waals surface area contributed by atoms with Crippen LogP contribution < -0.4 is 24.4 Å². The van der Waals surface area contributed by atoms with Gasteiger partial charge in [0.05, 0.1) is 26.9 Å². The van der Waals surface area contributed by atoms with Crippen LogP contribution >= 0.6 is 0 Å². The summed E-state index contributed by atoms with van der Waals surface area (Å²) in [6, 6.07) is 8.97. The third-order valence-corrected chi connectivity index (χ3v) is 5.17. The summed E-state index contributed by atoms with van der Waals surface area (Å²) in [6.45, 7) is 4.47. The van der Waals surface area contributed by atoms with Gasteiger partial charge in [0, 0.05) is 23.8 Å². The molecule has 2 aromatic carbocycles. The smallest absolute Gasteiger partial charge is 0.259 e. The number of benzene rings is 2. The van der Waals surface area contributed by atoms with E-state index in [0.717, 1.165) is 24.1 Å². The van der Waals surface area contributed by atoms with Crippen LogP contribution in [0.4, 0.5) is 11.4 Å². The van der Waals surface area contributed by atoms with Crippen molar-refractivity contribution in [2.24, 2.45) is 5.92 Å². The SMILES string of the molecule is COc1ccc(C(=O)Nc2ccc3c(c2)N(C(=O)C(C)C)CCC3)c(OC)c1OC. The molecule has 160 valence electrons. The average Bonchev–Trinajstić information content (AvgIpc) is 2.76. The van der Waals surface area contributed by atoms with Gasteiger partial charge in [-0.2, -0.15) is 0 Å². The van der Waals surface area contributed by atoms with Gasteiger partial charge < -0.3 is 24.4 Å². The number of nitrogens with one attached hydrogen (secondary N) is 1. The van der Waals surface area contributed by atoms with Crippen molar-refractivity contribution in [2.75, 3.05) is 38.1 Å². The summed E-state index contributed by atoms with van der Waals surface area (Å²) in [5.41, 5.74) is 2.90. The third-order valence-electron chi connectivity index (χ3n) is 5.17. The average molecular weight is 412 g/mol. The first-order valence-corrected chi connectivity index (χ1v) is 9.95. The van der Waals surface area contributed by atoms with Gasteiger partial charge in [-0.3, -0.25) is 9.59 Å². The minimum absolute atomic E-state index is 0.0842. The number of nitrogens with zero attached hydrogens (tertiary/aromatic N) is 1. The van der Waals surface area contributed by atoms with E-state index in [1.165, 1.54) is 21.3 Å². The third kappa shape index (κ3) is 4.06. The maximum absolute atomic E-state index is 13.0. The van der Waals surface area contributed by atoms with Crippen LogP contribution in [0.1, 0.15) is 36.2 Å². The summed E-state index contributed by atoms with van der Waals surface area (Å²) >= 11 is 0. The number of carbonyl (C=O) groups excluding carboxylic acids is 2. The first-order valence-electron chi connectivity index (χ1n) is 9.95. The molecule has 30 heavy (non-hydrogen) atoms. The molecule has 2 amide bonds. The second kappa shape index (κ2) is 9.07. The van der Waals surface area contributed by atoms with Crippen LogP contribution in [-0.4, -0.2) is 39.7 Å². The number of ether oxygens (including phenoxy) is 3. The quantitative estimate of drug-likeness (QED) is 0.779. The molecule has 1 heterocycles. The number of aryl methyl sites for hydroxylation is 1. The molecule has 3 rings (SSSR count). The van der Waals surface area contributed by atoms with Crippen molar-refractivity contribution in [1.29, 1.82) is 0 Å². The molecule has 7 nitrogen and oxygen atoms in total. The van der Waals surface area contributed by atoms with Crippen molar-refractivity contribution in [1.82, 2.24) is 0 Å². The fourth-order valence-electron chi connectivity index (χ4n) is 3.67. The molecule has 1 aliphatic heterocycles. The van der Waals surface area contributed by atoms with Crippen molar-refractivity contribution in [3.8, 4) is 17.2 Å². The van der Waals surface area contributed by atoms with Crippen LogP contribution in [0.15, 0.2) is 30.3 Å². The highest BCUT2D eigenvalue weighted by Gasteiger charge is 2.25. The summed E-state index contributed by atoms with van der Waals surface area (Å²) in [7, 11) is 4.49. The maximum Gasteiger partial charge on any atom is 0.259 e. The van der Waals surface area contributed by atoms with Crippen LogP contribution in [0.25, 0.3) is 0 Å². The first kappa shape index (κ1) is 21.5. The maximum atomic E-state index is 13.0. The molecule has 0 aromatic heterocycles. The summed E-state index contributed by atoms with van der Waals surface area (Å²) < 4.78 is 16.1. The van der Waals surface area contributed by atoms with Gasteiger partial charge in [0.1, 0.15) is 0 Å². The Kier molecular flexibility index (Phi) is 6.50. The number of fused-ring (bicyclic) bond motifs is 1. The second-order valence-electron chi connectivity index (χ2n) is 7.43. The molecule has 0 atom stereocenters. The van der Waals surface area contributed by atoms with Crippen LogP contribution in [0, 0.1) is 5.92 Å². The molecule has 0 saturated heterocycles. The fraction of sp³-hybridized carbons (Fsp3) is 0.391. The Labute approximate surface area is 176 Å². The zero-order valence-corrected chi connectivity index (χ0v) is 18.1. The van der Waals surface area contributed by atoms with Gasteiger partial charge in [0.2, 0.25) is 11.7 Å². The van der Waals surface area contributed by atoms with E-state index in [1.807, 2.05) is 36.9 Å². The standard InChI is InChI=1S/C23H28N2O5/c1-14(2)23(27)25-12-6-7-15-8-9-16(13-18(15)25)24-22(26)17-10-11-19(28-3)21(30-5)20(17)29-4/h8-11,13-14H,6-7,12H2,1-5H3,(H,24,26). The van der Waals surface area contributed by atoms with E-state index in [4.69, 9.17) is 14.2 Å². The molecule has 0 aliphatic carbocycles. The van der Waals surface area contributed by atoms with Crippen molar-refractivity contribution in [2.45, 2.75) is 26.7 Å². The van der Waals surface area contributed by atoms with Crippen molar-refractivity contribution >= 4 is 23.2 Å². The number of hydrogen-bond acceptors (Lipinski definition) is 5. The molecule has 0 bridgehead atoms. The minimum atomic E-state index is -0.342. The molecule has 7 heteroatoms. The van der Waals surface area contributed by atoms with Gasteiger partial charge >= 0.3 is 0 Å². The number of anilines is 2. The lowest BCUT2D eigenvalue weighted by molar-refractivity contribution is -0.121. The molecular weight excluding hydrogens is 384 g/mol. The lowest BCUT2D eigenvalue weighted by Gasteiger charge is -2.31. The molecule has 0 saturated carbocycles. The predicted molar refractivity (Wildman–Crippen MR) is 116 cm³/mol. The van der Waals surface area contributed by atoms with E-state index in [-0.39, 0.29) is 17.7 Å². The predicted octanol–water partition coefficient (Wildman–Crippen LogP) is 3.90. The van der Waals surface area contributed by atoms with Gasteiger partial charge in [-0.15, -0.1) is 0 Å². The molecule has 0 unspecified atom stereocenters. The highest BCUT2D eigenvalue weighted by atomic mass is 16.5. The first-order chi connectivity index (χ1) is 14.4. The molecule has 1 N–H and O–H groups in total. The van der Waals surface area contributed by atoms with E-state index in [0.29, 0.717) is 35.0 Å². The van der Waals surface area contributed by atoms with Crippen LogP contribution in [0.2, 0.25) is 0 Å². The van der Waals surface area contributed by atoms with E-state index in [2.05, 4.69) is 5.32 Å². The van der Waals surface area contributed by atoms with Crippen LogP contribution in [0.3, 0.4) is 0 Å². The van der Waals surface area contributed by atoms with Gasteiger partial charge in [-0.25, -0.2) is 0 Å². The largest absolute Gasteiger partial charge is 0.493 e. The zero-order valence-electron chi connectivity index (χ0n) is 18.1. The Bertz CT molecular complexity index is 955. The number of hydrogen-bond donors (Lipinski definition) is 1. The van der Waals surface area contributed by atoms with Crippen LogP contribution in [0.5, 0.6) is 17.2 Å². The lowest BCUT2D eigenvalue weighted by atomic mass is 9.99. The zero-order chi connectivity index (χ0) is 21.8. The summed E-state index contributed by atoms with van der Waals surface area (Å²) in [5.74, 6) is 0.773. The highest BCUT2D eigenvalue weighted by Crippen LogP contribution is 2.40. The Morgan fingerprint density at radius 3 is 2.37 bits per heavy atom. The number of carbonyl (C=O) groups is 2. The summed E-state index contributed by atoms with van der Waals surface area (Å²) in [6.07, 6.45) is 1.84. The molecular formula is C23H28N2O5. The summed E-state index contributed by atoms with van der Waals surface area (Å²) in [4.78, 5) is 27.4. The van der Waals surface area contributed by atoms with Crippen molar-refractivity contribution < 1.29 is 23.8 Å². The molecule has 0 fully saturated rings. The van der Waals surface area contributed by atoms with E-state index >= 15 is 0 Å². The normalized spacial score (nSPS) is 12.9. The number of rotatable bonds is 6. The molecule has 0 spiro atoms. The van der Waals surface area contributed by atoms with Gasteiger partial charge in [0.15, 0.2) is 11.5 Å². The van der Waals surface area contributed by atoms with Crippen molar-refractivity contribution in [3.05, 3.63) is 41.5 Å². The van der Waals surface area contributed by atoms with E-state index in [9.17, 15) is 9.59 Å². The lowest BCUT2D eigenvalue weighted by Crippen LogP contribution is -2.38. The minimum Gasteiger partial charge on any atom is -0.493 e. The monoisotopic (exact) mass is 412 g/mol. The Hall–Kier alpha value is -3.22. The summed E-state index contributed by atoms with van der Waals surface area (Å²) in [5, 5.41) is 2.91. The molecule has 2 aromatic rings. The fourth-order valence-corrected chi connectivity index (χ4v) is 3.67. The van der Waals surface area contributed by atoms with Gasteiger partial charge in [0.25, 0.3) is 5.91 Å². The van der Waals surface area contributed by atoms with Crippen molar-refractivity contribution in [3.63, 3.8) is 0 Å². The van der Waals surface area contributed by atoms with Gasteiger partial charge in [-0.05, 0) is 42.7 Å². The second-order valence-corrected chi connectivity index (χ2v) is 7.43. The molecule has 0 radical (unpaired) electrons. The number of methoxy groups -OCH3 is 3. The molecule has 1 aliphatic rings. The number of amides is 2. The van der Waals surface area contributed by atoms with E-state index < -0.39 is 0 Å². The topological polar surface area (TPSA) is 77.1 Å². The Balaban J connectivity index is 1.92. The van der Waals surface area contributed by atoms with Crippen LogP contribution in [-0.2, 0) is 11.2 Å². The Morgan fingerprint density at radius 2 is 1.73 bits per heavy atom. The highest BCUT2D eigenvalue weighted by molar-refractivity contribution is 6.07. The van der Waals surface area contributed by atoms with Gasteiger partial charge in [-0.1, -0.05) is 19.9 Å².